The van der Waals surface area contributed by atoms with Crippen molar-refractivity contribution in [1.29, 1.82) is 0 Å². The van der Waals surface area contributed by atoms with Crippen LogP contribution in [-0.4, -0.2) is 25.0 Å². The smallest absolute Gasteiger partial charge is 0.0449 e. The molecule has 0 aliphatic rings. The van der Waals surface area contributed by atoms with Crippen LogP contribution in [0.15, 0.2) is 54.6 Å². The maximum absolute atomic E-state index is 3.59. The third kappa shape index (κ3) is 5.00. The van der Waals surface area contributed by atoms with Crippen LogP contribution in [0.2, 0.25) is 0 Å². The molecule has 2 nitrogen and oxygen atoms in total. The molecule has 0 spiro atoms. The van der Waals surface area contributed by atoms with Crippen LogP contribution in [0.1, 0.15) is 29.7 Å². The molecule has 2 aromatic rings. The largest absolute Gasteiger partial charge is 0.309 e. The second-order valence-electron chi connectivity index (χ2n) is 5.70. The molecule has 1 atom stereocenters. The van der Waals surface area contributed by atoms with E-state index in [0.29, 0.717) is 6.04 Å². The van der Waals surface area contributed by atoms with Crippen LogP contribution in [-0.2, 0) is 6.54 Å². The van der Waals surface area contributed by atoms with Gasteiger partial charge in [-0.05, 0) is 31.6 Å². The predicted octanol–water partition coefficient (Wildman–Crippen LogP) is 3.78. The molecule has 0 aliphatic carbocycles. The molecule has 112 valence electrons. The first-order valence-corrected chi connectivity index (χ1v) is 7.71. The number of benzene rings is 2. The van der Waals surface area contributed by atoms with Gasteiger partial charge in [-0.15, -0.1) is 0 Å². The van der Waals surface area contributed by atoms with Crippen LogP contribution < -0.4 is 5.32 Å². The van der Waals surface area contributed by atoms with E-state index < -0.39 is 0 Å². The van der Waals surface area contributed by atoms with E-state index >= 15 is 0 Å². The van der Waals surface area contributed by atoms with Crippen molar-refractivity contribution >= 4 is 0 Å². The van der Waals surface area contributed by atoms with Gasteiger partial charge in [0.1, 0.15) is 0 Å². The van der Waals surface area contributed by atoms with Crippen molar-refractivity contribution in [2.24, 2.45) is 0 Å². The van der Waals surface area contributed by atoms with E-state index in [9.17, 15) is 0 Å². The molecule has 2 heteroatoms. The molecule has 2 rings (SSSR count). The molecular formula is C19H26N2. The van der Waals surface area contributed by atoms with Gasteiger partial charge in [0.05, 0.1) is 0 Å². The quantitative estimate of drug-likeness (QED) is 0.831. The summed E-state index contributed by atoms with van der Waals surface area (Å²) in [5, 5.41) is 3.59. The lowest BCUT2D eigenvalue weighted by molar-refractivity contribution is 0.285. The summed E-state index contributed by atoms with van der Waals surface area (Å²) in [4.78, 5) is 2.38. The first-order chi connectivity index (χ1) is 10.2. The highest BCUT2D eigenvalue weighted by Crippen LogP contribution is 2.16. The molecule has 0 amide bonds. The van der Waals surface area contributed by atoms with Gasteiger partial charge < -0.3 is 10.2 Å². The van der Waals surface area contributed by atoms with Crippen molar-refractivity contribution in [1.82, 2.24) is 10.2 Å². The highest BCUT2D eigenvalue weighted by atomic mass is 15.1. The Morgan fingerprint density at radius 1 is 1.00 bits per heavy atom. The van der Waals surface area contributed by atoms with Gasteiger partial charge in [0.15, 0.2) is 0 Å². The molecule has 1 N–H and O–H groups in total. The zero-order valence-corrected chi connectivity index (χ0v) is 13.3. The number of nitrogens with zero attached hydrogens (tertiary/aromatic N) is 1. The average molecular weight is 282 g/mol. The summed E-state index contributed by atoms with van der Waals surface area (Å²) in [5.41, 5.74) is 4.04. The Morgan fingerprint density at radius 2 is 1.67 bits per heavy atom. The van der Waals surface area contributed by atoms with E-state index in [-0.39, 0.29) is 0 Å². The molecule has 0 aromatic heterocycles. The Bertz CT molecular complexity index is 519. The van der Waals surface area contributed by atoms with Gasteiger partial charge >= 0.3 is 0 Å². The second kappa shape index (κ2) is 7.96. The van der Waals surface area contributed by atoms with Crippen molar-refractivity contribution in [2.75, 3.05) is 20.1 Å². The zero-order chi connectivity index (χ0) is 15.1. The van der Waals surface area contributed by atoms with E-state index in [2.05, 4.69) is 85.7 Å². The third-order valence-corrected chi connectivity index (χ3v) is 3.72. The van der Waals surface area contributed by atoms with Crippen molar-refractivity contribution in [3.63, 3.8) is 0 Å². The topological polar surface area (TPSA) is 15.3 Å². The number of aryl methyl sites for hydroxylation is 1. The average Bonchev–Trinajstić information content (AvgIpc) is 2.48. The Labute approximate surface area is 128 Å². The summed E-state index contributed by atoms with van der Waals surface area (Å²) in [6.45, 7) is 7.27. The van der Waals surface area contributed by atoms with Crippen LogP contribution in [0.25, 0.3) is 0 Å². The molecule has 1 unspecified atom stereocenters. The van der Waals surface area contributed by atoms with Gasteiger partial charge in [-0.25, -0.2) is 0 Å². The van der Waals surface area contributed by atoms with Crippen LogP contribution in [0.3, 0.4) is 0 Å². The van der Waals surface area contributed by atoms with Crippen molar-refractivity contribution in [3.05, 3.63) is 71.3 Å². The molecule has 0 fully saturated rings. The van der Waals surface area contributed by atoms with Crippen LogP contribution in [0.5, 0.6) is 0 Å². The standard InChI is InChI=1S/C19H26N2/c1-4-20-19(18-12-10-16(2)11-13-18)15-21(3)14-17-8-6-5-7-9-17/h5-13,19-20H,4,14-15H2,1-3H3. The summed E-state index contributed by atoms with van der Waals surface area (Å²) >= 11 is 0. The van der Waals surface area contributed by atoms with E-state index in [1.807, 2.05) is 0 Å². The van der Waals surface area contributed by atoms with Crippen LogP contribution >= 0.6 is 0 Å². The summed E-state index contributed by atoms with van der Waals surface area (Å²) in [7, 11) is 2.19. The first-order valence-electron chi connectivity index (χ1n) is 7.71. The molecule has 2 aromatic carbocycles. The molecule has 0 saturated carbocycles. The molecule has 0 heterocycles. The maximum atomic E-state index is 3.59. The van der Waals surface area contributed by atoms with E-state index in [1.165, 1.54) is 16.7 Å². The second-order valence-corrected chi connectivity index (χ2v) is 5.70. The Hall–Kier alpha value is -1.64. The Morgan fingerprint density at radius 3 is 2.29 bits per heavy atom. The summed E-state index contributed by atoms with van der Waals surface area (Å²) < 4.78 is 0. The van der Waals surface area contributed by atoms with Gasteiger partial charge in [-0.3, -0.25) is 0 Å². The predicted molar refractivity (Wildman–Crippen MR) is 90.4 cm³/mol. The van der Waals surface area contributed by atoms with Crippen molar-refractivity contribution < 1.29 is 0 Å². The number of nitrogens with one attached hydrogen (secondary N) is 1. The molecule has 21 heavy (non-hydrogen) atoms. The molecular weight excluding hydrogens is 256 g/mol. The maximum Gasteiger partial charge on any atom is 0.0449 e. The molecule has 0 bridgehead atoms. The van der Waals surface area contributed by atoms with E-state index in [1.54, 1.807) is 0 Å². The first kappa shape index (κ1) is 15.7. The number of hydrogen-bond donors (Lipinski definition) is 1. The fraction of sp³-hybridized carbons (Fsp3) is 0.368. The van der Waals surface area contributed by atoms with E-state index in [4.69, 9.17) is 0 Å². The van der Waals surface area contributed by atoms with Crippen LogP contribution in [0.4, 0.5) is 0 Å². The third-order valence-electron chi connectivity index (χ3n) is 3.72. The highest BCUT2D eigenvalue weighted by Gasteiger charge is 2.13. The summed E-state index contributed by atoms with van der Waals surface area (Å²) in [6, 6.07) is 19.9. The summed E-state index contributed by atoms with van der Waals surface area (Å²) in [5.74, 6) is 0. The monoisotopic (exact) mass is 282 g/mol. The SMILES string of the molecule is CCNC(CN(C)Cc1ccccc1)c1ccc(C)cc1. The number of rotatable bonds is 7. The fourth-order valence-corrected chi connectivity index (χ4v) is 2.60. The Balaban J connectivity index is 2.00. The highest BCUT2D eigenvalue weighted by molar-refractivity contribution is 5.24. The van der Waals surface area contributed by atoms with Crippen LogP contribution in [0, 0.1) is 6.92 Å². The normalized spacial score (nSPS) is 12.6. The van der Waals surface area contributed by atoms with Gasteiger partial charge in [0, 0.05) is 19.1 Å². The number of hydrogen-bond acceptors (Lipinski definition) is 2. The minimum atomic E-state index is 0.379. The molecule has 0 radical (unpaired) electrons. The lowest BCUT2D eigenvalue weighted by Gasteiger charge is -2.25. The summed E-state index contributed by atoms with van der Waals surface area (Å²) in [6.07, 6.45) is 0. The van der Waals surface area contributed by atoms with Gasteiger partial charge in [0.2, 0.25) is 0 Å². The van der Waals surface area contributed by atoms with Crippen molar-refractivity contribution in [3.8, 4) is 0 Å². The number of likely N-dealkylation sites (N-methyl/N-ethyl adjacent to an activating group) is 2. The minimum Gasteiger partial charge on any atom is -0.309 e. The molecule has 0 aliphatic heterocycles. The van der Waals surface area contributed by atoms with E-state index in [0.717, 1.165) is 19.6 Å². The Kier molecular flexibility index (Phi) is 5.97. The van der Waals surface area contributed by atoms with Crippen molar-refractivity contribution in [2.45, 2.75) is 26.4 Å². The zero-order valence-electron chi connectivity index (χ0n) is 13.3. The van der Waals surface area contributed by atoms with Gasteiger partial charge in [-0.1, -0.05) is 67.1 Å². The van der Waals surface area contributed by atoms with Gasteiger partial charge in [-0.2, -0.15) is 0 Å². The lowest BCUT2D eigenvalue weighted by atomic mass is 10.0. The lowest BCUT2D eigenvalue weighted by Crippen LogP contribution is -2.32. The molecule has 0 saturated heterocycles. The minimum absolute atomic E-state index is 0.379. The fourth-order valence-electron chi connectivity index (χ4n) is 2.60. The van der Waals surface area contributed by atoms with Gasteiger partial charge in [0.25, 0.3) is 0 Å².